The van der Waals surface area contributed by atoms with Crippen molar-refractivity contribution < 1.29 is 23.1 Å². The highest BCUT2D eigenvalue weighted by atomic mass is 32.2. The predicted molar refractivity (Wildman–Crippen MR) is 87.0 cm³/mol. The number of carbonyl (C=O) groups is 2. The van der Waals surface area contributed by atoms with Gasteiger partial charge in [0.2, 0.25) is 10.0 Å². The first-order valence-corrected chi connectivity index (χ1v) is 8.56. The first-order chi connectivity index (χ1) is 11.1. The Labute approximate surface area is 140 Å². The average molecular weight is 353 g/mol. The zero-order chi connectivity index (χ0) is 18.1. The van der Waals surface area contributed by atoms with Crippen molar-refractivity contribution in [3.63, 3.8) is 0 Å². The smallest absolute Gasteiger partial charge is 0.305 e. The first kappa shape index (κ1) is 18.1. The van der Waals surface area contributed by atoms with Gasteiger partial charge in [0, 0.05) is 6.54 Å². The second-order valence-electron chi connectivity index (χ2n) is 5.88. The molecule has 0 saturated carbocycles. The highest BCUT2D eigenvalue weighted by Gasteiger charge is 2.46. The van der Waals surface area contributed by atoms with Gasteiger partial charge in [0.05, 0.1) is 23.4 Å². The molecule has 1 saturated heterocycles. The summed E-state index contributed by atoms with van der Waals surface area (Å²) >= 11 is 0. The summed E-state index contributed by atoms with van der Waals surface area (Å²) in [4.78, 5) is 23.1. The molecule has 1 atom stereocenters. The van der Waals surface area contributed by atoms with E-state index >= 15 is 0 Å². The predicted octanol–water partition coefficient (Wildman–Crippen LogP) is 0.270. The quantitative estimate of drug-likeness (QED) is 0.579. The minimum atomic E-state index is -3.95. The van der Waals surface area contributed by atoms with Gasteiger partial charge in [-0.2, -0.15) is 4.31 Å². The van der Waals surface area contributed by atoms with E-state index in [0.29, 0.717) is 0 Å². The van der Waals surface area contributed by atoms with Crippen LogP contribution in [0.3, 0.4) is 0 Å². The summed E-state index contributed by atoms with van der Waals surface area (Å²) < 4.78 is 26.5. The maximum absolute atomic E-state index is 12.8. The molecule has 1 fully saturated rings. The number of piperazine rings is 1. The van der Waals surface area contributed by atoms with E-state index in [-0.39, 0.29) is 11.4 Å². The van der Waals surface area contributed by atoms with Crippen LogP contribution in [0.1, 0.15) is 18.9 Å². The SMILES string of the molecule is C=Cc1ccc(S(=O)(=O)N2CC(=O)N(N)C(C)(CC(=O)O)C2)cc1. The number of rotatable bonds is 5. The normalized spacial score (nSPS) is 22.4. The minimum Gasteiger partial charge on any atom is -0.481 e. The Morgan fingerprint density at radius 2 is 2.00 bits per heavy atom. The van der Waals surface area contributed by atoms with Crippen molar-refractivity contribution in [2.24, 2.45) is 5.84 Å². The van der Waals surface area contributed by atoms with Crippen LogP contribution in [0.25, 0.3) is 6.08 Å². The van der Waals surface area contributed by atoms with Crippen LogP contribution in [0.5, 0.6) is 0 Å². The van der Waals surface area contributed by atoms with Gasteiger partial charge in [0.1, 0.15) is 0 Å². The lowest BCUT2D eigenvalue weighted by Crippen LogP contribution is -2.67. The molecule has 0 aromatic heterocycles. The molecule has 0 bridgehead atoms. The minimum absolute atomic E-state index is 0.0176. The fourth-order valence-corrected chi connectivity index (χ4v) is 4.11. The molecule has 1 unspecified atom stereocenters. The summed E-state index contributed by atoms with van der Waals surface area (Å²) in [6.45, 7) is 4.41. The Kier molecular flexibility index (Phi) is 4.79. The van der Waals surface area contributed by atoms with E-state index in [0.717, 1.165) is 14.9 Å². The van der Waals surface area contributed by atoms with E-state index in [1.807, 2.05) is 0 Å². The maximum atomic E-state index is 12.8. The largest absolute Gasteiger partial charge is 0.481 e. The molecule has 9 heteroatoms. The van der Waals surface area contributed by atoms with E-state index < -0.39 is 40.4 Å². The average Bonchev–Trinajstić information content (AvgIpc) is 2.51. The van der Waals surface area contributed by atoms with Gasteiger partial charge in [-0.15, -0.1) is 0 Å². The maximum Gasteiger partial charge on any atom is 0.305 e. The van der Waals surface area contributed by atoms with Crippen molar-refractivity contribution in [1.82, 2.24) is 9.31 Å². The summed E-state index contributed by atoms with van der Waals surface area (Å²) in [7, 11) is -3.95. The highest BCUT2D eigenvalue weighted by Crippen LogP contribution is 2.27. The van der Waals surface area contributed by atoms with Crippen molar-refractivity contribution in [2.75, 3.05) is 13.1 Å². The third-order valence-electron chi connectivity index (χ3n) is 3.96. The molecular formula is C15H19N3O5S. The Morgan fingerprint density at radius 3 is 2.50 bits per heavy atom. The molecule has 1 aliphatic heterocycles. The fraction of sp³-hybridized carbons (Fsp3) is 0.333. The third kappa shape index (κ3) is 3.32. The lowest BCUT2D eigenvalue weighted by Gasteiger charge is -2.44. The van der Waals surface area contributed by atoms with Gasteiger partial charge in [-0.25, -0.2) is 14.3 Å². The molecule has 1 aromatic rings. The number of sulfonamides is 1. The summed E-state index contributed by atoms with van der Waals surface area (Å²) in [5.41, 5.74) is -0.567. The Balaban J connectivity index is 2.37. The summed E-state index contributed by atoms with van der Waals surface area (Å²) in [6, 6.07) is 6.02. The summed E-state index contributed by atoms with van der Waals surface area (Å²) in [5.74, 6) is 3.85. The number of carbonyl (C=O) groups excluding carboxylic acids is 1. The Bertz CT molecular complexity index is 775. The second-order valence-corrected chi connectivity index (χ2v) is 7.82. The molecule has 0 aliphatic carbocycles. The van der Waals surface area contributed by atoms with E-state index in [2.05, 4.69) is 6.58 Å². The molecule has 3 N–H and O–H groups in total. The second kappa shape index (κ2) is 6.34. The molecule has 1 heterocycles. The van der Waals surface area contributed by atoms with Crippen molar-refractivity contribution in [3.05, 3.63) is 36.4 Å². The van der Waals surface area contributed by atoms with Gasteiger partial charge in [-0.1, -0.05) is 24.8 Å². The fourth-order valence-electron chi connectivity index (χ4n) is 2.60. The lowest BCUT2D eigenvalue weighted by atomic mass is 9.95. The number of nitrogens with two attached hydrogens (primary N) is 1. The van der Waals surface area contributed by atoms with Crippen molar-refractivity contribution in [3.8, 4) is 0 Å². The topological polar surface area (TPSA) is 121 Å². The molecule has 0 spiro atoms. The van der Waals surface area contributed by atoms with Gasteiger partial charge in [0.15, 0.2) is 0 Å². The standard InChI is InChI=1S/C15H19N3O5S/c1-3-11-4-6-12(7-5-11)24(22,23)17-9-13(19)18(16)15(2,10-17)8-14(20)21/h3-7H,1,8-10,16H2,2H3,(H,20,21). The number of carboxylic acid groups (broad SMARTS) is 1. The zero-order valence-corrected chi connectivity index (χ0v) is 14.0. The van der Waals surface area contributed by atoms with Gasteiger partial charge in [0.25, 0.3) is 5.91 Å². The Morgan fingerprint density at radius 1 is 1.42 bits per heavy atom. The van der Waals surface area contributed by atoms with Gasteiger partial charge < -0.3 is 5.11 Å². The Hall–Kier alpha value is -2.23. The molecule has 24 heavy (non-hydrogen) atoms. The zero-order valence-electron chi connectivity index (χ0n) is 13.2. The van der Waals surface area contributed by atoms with Crippen LogP contribution in [0.2, 0.25) is 0 Å². The third-order valence-corrected chi connectivity index (χ3v) is 5.77. The first-order valence-electron chi connectivity index (χ1n) is 7.12. The van der Waals surface area contributed by atoms with Crippen LogP contribution in [-0.4, -0.2) is 53.3 Å². The van der Waals surface area contributed by atoms with E-state index in [1.54, 1.807) is 18.2 Å². The number of aliphatic carboxylic acids is 1. The van der Waals surface area contributed by atoms with Gasteiger partial charge in [-0.3, -0.25) is 14.6 Å². The number of amides is 1. The number of carboxylic acids is 1. The number of nitrogens with zero attached hydrogens (tertiary/aromatic N) is 2. The molecule has 1 amide bonds. The molecule has 1 aromatic carbocycles. The van der Waals surface area contributed by atoms with Crippen molar-refractivity contribution in [1.29, 1.82) is 0 Å². The highest BCUT2D eigenvalue weighted by molar-refractivity contribution is 7.89. The number of hydrogen-bond acceptors (Lipinski definition) is 5. The lowest BCUT2D eigenvalue weighted by molar-refractivity contribution is -0.149. The number of benzene rings is 1. The van der Waals surface area contributed by atoms with Crippen LogP contribution in [0.15, 0.2) is 35.7 Å². The van der Waals surface area contributed by atoms with E-state index in [4.69, 9.17) is 10.9 Å². The molecule has 2 rings (SSSR count). The number of hydrogen-bond donors (Lipinski definition) is 2. The summed E-state index contributed by atoms with van der Waals surface area (Å²) in [5, 5.41) is 9.84. The van der Waals surface area contributed by atoms with Crippen molar-refractivity contribution >= 4 is 28.0 Å². The van der Waals surface area contributed by atoms with E-state index in [9.17, 15) is 18.0 Å². The van der Waals surface area contributed by atoms with Crippen molar-refractivity contribution in [2.45, 2.75) is 23.8 Å². The molecule has 0 radical (unpaired) electrons. The van der Waals surface area contributed by atoms with Crippen LogP contribution in [0, 0.1) is 0 Å². The monoisotopic (exact) mass is 353 g/mol. The molecule has 8 nitrogen and oxygen atoms in total. The van der Waals surface area contributed by atoms with Crippen LogP contribution >= 0.6 is 0 Å². The van der Waals surface area contributed by atoms with Crippen LogP contribution in [0.4, 0.5) is 0 Å². The molecular weight excluding hydrogens is 334 g/mol. The van der Waals surface area contributed by atoms with E-state index in [1.165, 1.54) is 19.1 Å². The number of hydrazine groups is 1. The van der Waals surface area contributed by atoms with Gasteiger partial charge in [-0.05, 0) is 24.6 Å². The van der Waals surface area contributed by atoms with Crippen LogP contribution in [-0.2, 0) is 19.6 Å². The summed E-state index contributed by atoms with van der Waals surface area (Å²) in [6.07, 6.45) is 1.12. The molecule has 1 aliphatic rings. The van der Waals surface area contributed by atoms with Gasteiger partial charge >= 0.3 is 5.97 Å². The van der Waals surface area contributed by atoms with Crippen LogP contribution < -0.4 is 5.84 Å². The molecule has 130 valence electrons.